The van der Waals surface area contributed by atoms with Gasteiger partial charge in [0.2, 0.25) is 15.9 Å². The number of ketones is 1. The molecule has 2 aromatic rings. The van der Waals surface area contributed by atoms with Gasteiger partial charge in [0.05, 0.1) is 0 Å². The number of carbonyl (C=O) groups excluding carboxylic acids is 2. The number of nitrogens with zero attached hydrogens (tertiary/aromatic N) is 3. The van der Waals surface area contributed by atoms with Crippen molar-refractivity contribution in [3.05, 3.63) is 40.9 Å². The van der Waals surface area contributed by atoms with E-state index in [1.165, 1.54) is 16.6 Å². The quantitative estimate of drug-likeness (QED) is 0.712. The highest BCUT2D eigenvalue weighted by molar-refractivity contribution is 7.89. The highest BCUT2D eigenvalue weighted by Crippen LogP contribution is 2.20. The molecule has 1 saturated heterocycles. The molecule has 2 heterocycles. The number of sulfonamides is 1. The van der Waals surface area contributed by atoms with Gasteiger partial charge in [0.15, 0.2) is 10.9 Å². The predicted octanol–water partition coefficient (Wildman–Crippen LogP) is 1.74. The fourth-order valence-corrected chi connectivity index (χ4v) is 5.03. The molecule has 0 saturated carbocycles. The Kier molecular flexibility index (Phi) is 6.11. The fraction of sp³-hybridized carbons (Fsp3) is 0.389. The number of thiazole rings is 1. The summed E-state index contributed by atoms with van der Waals surface area (Å²) in [5.74, 6) is -1.52. The summed E-state index contributed by atoms with van der Waals surface area (Å²) in [5.41, 5.74) is 2.47. The molecule has 0 atom stereocenters. The number of aryl methyl sites for hydroxylation is 1. The third-order valence-corrected chi connectivity index (χ3v) is 6.96. The third kappa shape index (κ3) is 4.94. The number of piperazine rings is 1. The smallest absolute Gasteiger partial charge is 0.242 e. The zero-order valence-electron chi connectivity index (χ0n) is 15.7. The van der Waals surface area contributed by atoms with Gasteiger partial charge in [-0.05, 0) is 24.6 Å². The van der Waals surface area contributed by atoms with Crippen LogP contribution in [0, 0.1) is 6.92 Å². The van der Waals surface area contributed by atoms with Crippen LogP contribution in [0.5, 0.6) is 0 Å². The normalized spacial score (nSPS) is 15.4. The molecule has 0 unspecified atom stereocenters. The average Bonchev–Trinajstić information content (AvgIpc) is 3.10. The van der Waals surface area contributed by atoms with Crippen LogP contribution in [0.25, 0.3) is 0 Å². The van der Waals surface area contributed by atoms with Crippen LogP contribution in [0.4, 0.5) is 10.8 Å². The summed E-state index contributed by atoms with van der Waals surface area (Å²) in [7, 11) is -3.72. The number of nitrogens with one attached hydrogen (secondary N) is 1. The summed E-state index contributed by atoms with van der Waals surface area (Å²) < 4.78 is 26.5. The molecule has 28 heavy (non-hydrogen) atoms. The van der Waals surface area contributed by atoms with E-state index >= 15 is 0 Å². The lowest BCUT2D eigenvalue weighted by atomic mass is 10.2. The number of hydrogen-bond donors (Lipinski definition) is 1. The number of anilines is 2. The van der Waals surface area contributed by atoms with E-state index < -0.39 is 21.7 Å². The molecule has 10 heteroatoms. The zero-order valence-corrected chi connectivity index (χ0v) is 17.3. The van der Waals surface area contributed by atoms with Gasteiger partial charge in [-0.15, -0.1) is 11.3 Å². The number of benzene rings is 1. The Morgan fingerprint density at radius 1 is 1.21 bits per heavy atom. The Labute approximate surface area is 168 Å². The number of aromatic nitrogens is 1. The maximum Gasteiger partial charge on any atom is 0.242 e. The minimum Gasteiger partial charge on any atom is -0.369 e. The Bertz CT molecular complexity index is 979. The lowest BCUT2D eigenvalue weighted by Crippen LogP contribution is -2.50. The molecule has 0 spiro atoms. The van der Waals surface area contributed by atoms with Crippen molar-refractivity contribution in [2.24, 2.45) is 0 Å². The predicted molar refractivity (Wildman–Crippen MR) is 110 cm³/mol. The average molecular weight is 423 g/mol. The molecular weight excluding hydrogens is 400 g/mol. The second-order valence-corrected chi connectivity index (χ2v) is 9.45. The number of rotatable bonds is 6. The van der Waals surface area contributed by atoms with E-state index in [2.05, 4.69) is 21.3 Å². The van der Waals surface area contributed by atoms with Crippen molar-refractivity contribution in [3.63, 3.8) is 0 Å². The molecule has 8 nitrogen and oxygen atoms in total. The molecule has 1 aliphatic rings. The van der Waals surface area contributed by atoms with Crippen LogP contribution in [0.15, 0.2) is 29.6 Å². The van der Waals surface area contributed by atoms with Gasteiger partial charge in [0.25, 0.3) is 0 Å². The van der Waals surface area contributed by atoms with Crippen molar-refractivity contribution in [3.8, 4) is 0 Å². The van der Waals surface area contributed by atoms with E-state index in [1.807, 2.05) is 25.1 Å². The van der Waals surface area contributed by atoms with Gasteiger partial charge in [-0.25, -0.2) is 13.4 Å². The largest absolute Gasteiger partial charge is 0.369 e. The molecule has 1 amide bonds. The van der Waals surface area contributed by atoms with Crippen LogP contribution in [0.2, 0.25) is 0 Å². The van der Waals surface area contributed by atoms with Crippen molar-refractivity contribution in [1.82, 2.24) is 9.29 Å². The van der Waals surface area contributed by atoms with E-state index in [0.29, 0.717) is 26.2 Å². The van der Waals surface area contributed by atoms with Crippen molar-refractivity contribution >= 4 is 43.9 Å². The first-order chi connectivity index (χ1) is 13.2. The first-order valence-corrected chi connectivity index (χ1v) is 11.3. The Morgan fingerprint density at radius 3 is 2.54 bits per heavy atom. The van der Waals surface area contributed by atoms with E-state index in [4.69, 9.17) is 0 Å². The van der Waals surface area contributed by atoms with Crippen LogP contribution in [0.3, 0.4) is 0 Å². The third-order valence-electron chi connectivity index (χ3n) is 4.42. The zero-order chi connectivity index (χ0) is 20.3. The lowest BCUT2D eigenvalue weighted by Gasteiger charge is -2.35. The number of hydrogen-bond acceptors (Lipinski definition) is 7. The first kappa shape index (κ1) is 20.4. The second-order valence-electron chi connectivity index (χ2n) is 6.62. The minimum absolute atomic E-state index is 0.212. The van der Waals surface area contributed by atoms with Crippen LogP contribution in [0.1, 0.15) is 23.0 Å². The van der Waals surface area contributed by atoms with Gasteiger partial charge in [-0.2, -0.15) is 4.31 Å². The molecule has 1 N–H and O–H groups in total. The van der Waals surface area contributed by atoms with Crippen LogP contribution >= 0.6 is 11.3 Å². The summed E-state index contributed by atoms with van der Waals surface area (Å²) in [4.78, 5) is 29.5. The van der Waals surface area contributed by atoms with Crippen molar-refractivity contribution < 1.29 is 18.0 Å². The summed E-state index contributed by atoms with van der Waals surface area (Å²) in [6, 6.07) is 8.08. The Morgan fingerprint density at radius 2 is 1.93 bits per heavy atom. The molecule has 1 aromatic carbocycles. The molecule has 1 aliphatic heterocycles. The van der Waals surface area contributed by atoms with Crippen LogP contribution in [-0.4, -0.2) is 61.3 Å². The maximum atomic E-state index is 12.6. The highest BCUT2D eigenvalue weighted by atomic mass is 32.2. The lowest BCUT2D eigenvalue weighted by molar-refractivity contribution is -0.113. The number of amides is 1. The van der Waals surface area contributed by atoms with E-state index in [1.54, 1.807) is 0 Å². The fourth-order valence-electron chi connectivity index (χ4n) is 2.95. The van der Waals surface area contributed by atoms with Gasteiger partial charge < -0.3 is 10.2 Å². The molecule has 1 fully saturated rings. The van der Waals surface area contributed by atoms with Gasteiger partial charge in [-0.3, -0.25) is 9.59 Å². The summed E-state index contributed by atoms with van der Waals surface area (Å²) in [6.07, 6.45) is 0. The number of carbonyl (C=O) groups is 2. The minimum atomic E-state index is -3.72. The summed E-state index contributed by atoms with van der Waals surface area (Å²) in [5, 5.41) is 4.20. The van der Waals surface area contributed by atoms with Crippen molar-refractivity contribution in [2.45, 2.75) is 13.8 Å². The maximum absolute atomic E-state index is 12.6. The van der Waals surface area contributed by atoms with Gasteiger partial charge in [-0.1, -0.05) is 12.1 Å². The molecule has 1 aromatic heterocycles. The van der Waals surface area contributed by atoms with Crippen LogP contribution < -0.4 is 10.2 Å². The monoisotopic (exact) mass is 422 g/mol. The van der Waals surface area contributed by atoms with Crippen molar-refractivity contribution in [2.75, 3.05) is 42.1 Å². The standard InChI is InChI=1S/C18H22N4O4S2/c1-13-4-3-5-15(10-13)21-6-8-22(9-7-21)28(25,26)12-17(24)20-18-19-16(11-27-18)14(2)23/h3-5,10-11H,6-9,12H2,1-2H3,(H,19,20,24). The molecule has 0 bridgehead atoms. The molecular formula is C18H22N4O4S2. The van der Waals surface area contributed by atoms with Gasteiger partial charge in [0.1, 0.15) is 11.4 Å². The topological polar surface area (TPSA) is 99.7 Å². The van der Waals surface area contributed by atoms with E-state index in [-0.39, 0.29) is 16.6 Å². The van der Waals surface area contributed by atoms with Gasteiger partial charge in [0, 0.05) is 44.2 Å². The molecule has 0 radical (unpaired) electrons. The van der Waals surface area contributed by atoms with Gasteiger partial charge >= 0.3 is 0 Å². The first-order valence-electron chi connectivity index (χ1n) is 8.80. The second kappa shape index (κ2) is 8.38. The van der Waals surface area contributed by atoms with E-state index in [0.717, 1.165) is 22.6 Å². The molecule has 0 aliphatic carbocycles. The summed E-state index contributed by atoms with van der Waals surface area (Å²) in [6.45, 7) is 5.19. The SMILES string of the molecule is CC(=O)c1csc(NC(=O)CS(=O)(=O)N2CCN(c3cccc(C)c3)CC2)n1. The molecule has 150 valence electrons. The Balaban J connectivity index is 1.56. The highest BCUT2D eigenvalue weighted by Gasteiger charge is 2.29. The Hall–Kier alpha value is -2.30. The van der Waals surface area contributed by atoms with Crippen molar-refractivity contribution in [1.29, 1.82) is 0 Å². The number of Topliss-reactive ketones (excluding diaryl/α,β-unsaturated/α-hetero) is 1. The molecule has 3 rings (SSSR count). The summed E-state index contributed by atoms with van der Waals surface area (Å²) >= 11 is 1.09. The van der Waals surface area contributed by atoms with Crippen LogP contribution in [-0.2, 0) is 14.8 Å². The van der Waals surface area contributed by atoms with E-state index in [9.17, 15) is 18.0 Å².